The van der Waals surface area contributed by atoms with Crippen molar-refractivity contribution in [1.82, 2.24) is 9.88 Å². The number of benzene rings is 2. The van der Waals surface area contributed by atoms with Crippen LogP contribution in [0.25, 0.3) is 16.5 Å². The summed E-state index contributed by atoms with van der Waals surface area (Å²) in [6, 6.07) is 11.6. The van der Waals surface area contributed by atoms with Crippen LogP contribution in [0.2, 0.25) is 5.02 Å². The molecule has 0 spiro atoms. The Morgan fingerprint density at radius 3 is 2.77 bits per heavy atom. The SMILES string of the molecule is O=C(Nc1ccc(Br)c(Cl)c1)Nc1ccc2[nH]cc(C3=CCN4CCCCC4C3)c2c1. The molecule has 5 rings (SSSR count). The molecule has 31 heavy (non-hydrogen) atoms. The van der Waals surface area contributed by atoms with Crippen molar-refractivity contribution in [3.8, 4) is 0 Å². The highest BCUT2D eigenvalue weighted by Gasteiger charge is 2.27. The van der Waals surface area contributed by atoms with Crippen molar-refractivity contribution in [2.24, 2.45) is 0 Å². The summed E-state index contributed by atoms with van der Waals surface area (Å²) in [7, 11) is 0. The van der Waals surface area contributed by atoms with Crippen LogP contribution in [0.5, 0.6) is 0 Å². The van der Waals surface area contributed by atoms with E-state index in [4.69, 9.17) is 11.6 Å². The van der Waals surface area contributed by atoms with Crippen molar-refractivity contribution in [2.45, 2.75) is 31.7 Å². The summed E-state index contributed by atoms with van der Waals surface area (Å²) in [6.07, 6.45) is 9.49. The number of rotatable bonds is 3. The van der Waals surface area contributed by atoms with Crippen LogP contribution in [0.4, 0.5) is 16.2 Å². The first-order valence-corrected chi connectivity index (χ1v) is 11.8. The normalized spacial score (nSPS) is 19.0. The Balaban J connectivity index is 1.34. The minimum Gasteiger partial charge on any atom is -0.361 e. The molecule has 0 radical (unpaired) electrons. The molecule has 0 aliphatic carbocycles. The van der Waals surface area contributed by atoms with Crippen LogP contribution in [-0.2, 0) is 0 Å². The van der Waals surface area contributed by atoms with E-state index in [0.29, 0.717) is 16.8 Å². The number of carbonyl (C=O) groups is 1. The molecule has 2 aliphatic heterocycles. The standard InChI is InChI=1S/C24H24BrClN4O/c25-21-6-4-17(13-22(21)26)29-24(31)28-16-5-7-23-19(12-16)20(14-27-23)15-8-10-30-9-2-1-3-18(30)11-15/h4-8,12-14,18,27H,1-3,9-11H2,(H2,28,29,31). The molecule has 0 saturated carbocycles. The maximum atomic E-state index is 12.5. The number of aromatic nitrogens is 1. The Morgan fingerprint density at radius 2 is 1.94 bits per heavy atom. The summed E-state index contributed by atoms with van der Waals surface area (Å²) in [6.45, 7) is 2.25. The lowest BCUT2D eigenvalue weighted by molar-refractivity contribution is 0.161. The summed E-state index contributed by atoms with van der Waals surface area (Å²) in [5.74, 6) is 0. The average molecular weight is 500 g/mol. The largest absolute Gasteiger partial charge is 0.361 e. The number of nitrogens with zero attached hydrogens (tertiary/aromatic N) is 1. The number of H-pyrrole nitrogens is 1. The van der Waals surface area contributed by atoms with Gasteiger partial charge in [0.15, 0.2) is 0 Å². The molecule has 1 saturated heterocycles. The highest BCUT2D eigenvalue weighted by molar-refractivity contribution is 9.10. The average Bonchev–Trinajstić information content (AvgIpc) is 3.19. The van der Waals surface area contributed by atoms with Crippen LogP contribution < -0.4 is 10.6 Å². The Bertz CT molecular complexity index is 1170. The van der Waals surface area contributed by atoms with E-state index in [2.05, 4.69) is 48.7 Å². The Hall–Kier alpha value is -2.28. The zero-order chi connectivity index (χ0) is 21.4. The Kier molecular flexibility index (Phi) is 5.78. The van der Waals surface area contributed by atoms with Crippen LogP contribution >= 0.6 is 27.5 Å². The first kappa shape index (κ1) is 20.6. The molecule has 2 aromatic carbocycles. The minimum atomic E-state index is -0.301. The number of anilines is 2. The minimum absolute atomic E-state index is 0.301. The van der Waals surface area contributed by atoms with Gasteiger partial charge in [0.25, 0.3) is 0 Å². The Morgan fingerprint density at radius 1 is 1.13 bits per heavy atom. The van der Waals surface area contributed by atoms with Gasteiger partial charge >= 0.3 is 6.03 Å². The summed E-state index contributed by atoms with van der Waals surface area (Å²) in [4.78, 5) is 18.5. The number of carbonyl (C=O) groups excluding carboxylic acids is 1. The zero-order valence-corrected chi connectivity index (χ0v) is 19.4. The predicted molar refractivity (Wildman–Crippen MR) is 132 cm³/mol. The third-order valence-electron chi connectivity index (χ3n) is 6.24. The van der Waals surface area contributed by atoms with Crippen molar-refractivity contribution < 1.29 is 4.79 Å². The fraction of sp³-hybridized carbons (Fsp3) is 0.292. The number of nitrogens with one attached hydrogen (secondary N) is 3. The third-order valence-corrected chi connectivity index (χ3v) is 7.47. The molecule has 2 amide bonds. The van der Waals surface area contributed by atoms with Crippen LogP contribution in [0.1, 0.15) is 31.2 Å². The van der Waals surface area contributed by atoms with Crippen LogP contribution in [0.3, 0.4) is 0 Å². The molecule has 3 aromatic rings. The summed E-state index contributed by atoms with van der Waals surface area (Å²) in [5.41, 5.74) is 5.11. The second-order valence-corrected chi connectivity index (χ2v) is 9.51. The molecule has 0 bridgehead atoms. The lowest BCUT2D eigenvalue weighted by Gasteiger charge is -2.38. The van der Waals surface area contributed by atoms with E-state index in [1.807, 2.05) is 18.2 Å². The molecule has 5 nitrogen and oxygen atoms in total. The lowest BCUT2D eigenvalue weighted by atomic mass is 9.89. The molecule has 1 aromatic heterocycles. The third kappa shape index (κ3) is 4.38. The number of hydrogen-bond donors (Lipinski definition) is 3. The number of urea groups is 1. The van der Waals surface area contributed by atoms with E-state index < -0.39 is 0 Å². The maximum absolute atomic E-state index is 12.5. The van der Waals surface area contributed by atoms with Crippen molar-refractivity contribution in [3.63, 3.8) is 0 Å². The molecule has 160 valence electrons. The maximum Gasteiger partial charge on any atom is 0.323 e. The second-order valence-electron chi connectivity index (χ2n) is 8.25. The number of aromatic amines is 1. The topological polar surface area (TPSA) is 60.2 Å². The van der Waals surface area contributed by atoms with E-state index in [-0.39, 0.29) is 6.03 Å². The van der Waals surface area contributed by atoms with Gasteiger partial charge in [-0.15, -0.1) is 0 Å². The van der Waals surface area contributed by atoms with Gasteiger partial charge in [0.2, 0.25) is 0 Å². The molecule has 7 heteroatoms. The van der Waals surface area contributed by atoms with E-state index in [9.17, 15) is 4.79 Å². The van der Waals surface area contributed by atoms with Gasteiger partial charge in [-0.1, -0.05) is 24.1 Å². The van der Waals surface area contributed by atoms with Gasteiger partial charge in [0, 0.05) is 51.1 Å². The molecular weight excluding hydrogens is 476 g/mol. The molecule has 1 unspecified atom stereocenters. The summed E-state index contributed by atoms with van der Waals surface area (Å²) in [5, 5.41) is 7.45. The fourth-order valence-electron chi connectivity index (χ4n) is 4.65. The van der Waals surface area contributed by atoms with Crippen molar-refractivity contribution in [1.29, 1.82) is 0 Å². The van der Waals surface area contributed by atoms with Crippen molar-refractivity contribution >= 4 is 61.4 Å². The van der Waals surface area contributed by atoms with Crippen LogP contribution in [-0.4, -0.2) is 35.0 Å². The molecular formula is C24H24BrClN4O. The first-order chi connectivity index (χ1) is 15.1. The fourth-order valence-corrected chi connectivity index (χ4v) is 5.07. The van der Waals surface area contributed by atoms with Gasteiger partial charge in [0.1, 0.15) is 0 Å². The second kappa shape index (κ2) is 8.69. The number of fused-ring (bicyclic) bond motifs is 2. The zero-order valence-electron chi connectivity index (χ0n) is 17.1. The monoisotopic (exact) mass is 498 g/mol. The number of hydrogen-bond acceptors (Lipinski definition) is 2. The molecule has 1 atom stereocenters. The summed E-state index contributed by atoms with van der Waals surface area (Å²) >= 11 is 9.47. The lowest BCUT2D eigenvalue weighted by Crippen LogP contribution is -2.41. The Labute approximate surface area is 195 Å². The highest BCUT2D eigenvalue weighted by atomic mass is 79.9. The van der Waals surface area contributed by atoms with Gasteiger partial charge in [-0.2, -0.15) is 0 Å². The van der Waals surface area contributed by atoms with E-state index >= 15 is 0 Å². The van der Waals surface area contributed by atoms with Crippen molar-refractivity contribution in [2.75, 3.05) is 23.7 Å². The molecule has 3 N–H and O–H groups in total. The number of halogens is 2. The van der Waals surface area contributed by atoms with Gasteiger partial charge in [0.05, 0.1) is 5.02 Å². The van der Waals surface area contributed by atoms with Gasteiger partial charge in [-0.25, -0.2) is 4.79 Å². The first-order valence-electron chi connectivity index (χ1n) is 10.6. The van der Waals surface area contributed by atoms with Crippen molar-refractivity contribution in [3.05, 3.63) is 63.7 Å². The molecule has 2 aliphatic rings. The van der Waals surface area contributed by atoms with E-state index in [1.54, 1.807) is 18.2 Å². The van der Waals surface area contributed by atoms with Crippen LogP contribution in [0, 0.1) is 0 Å². The smallest absolute Gasteiger partial charge is 0.323 e. The molecule has 3 heterocycles. The highest BCUT2D eigenvalue weighted by Crippen LogP contribution is 2.35. The number of amides is 2. The van der Waals surface area contributed by atoms with Crippen LogP contribution in [0.15, 0.2) is 53.1 Å². The van der Waals surface area contributed by atoms with E-state index in [0.717, 1.165) is 34.0 Å². The van der Waals surface area contributed by atoms with Gasteiger partial charge < -0.3 is 15.6 Å². The van der Waals surface area contributed by atoms with Gasteiger partial charge in [-0.3, -0.25) is 4.90 Å². The summed E-state index contributed by atoms with van der Waals surface area (Å²) < 4.78 is 0.791. The van der Waals surface area contributed by atoms with E-state index in [1.165, 1.54) is 36.9 Å². The molecule has 1 fully saturated rings. The predicted octanol–water partition coefficient (Wildman–Crippen LogP) is 6.87. The number of piperidine rings is 1. The quantitative estimate of drug-likeness (QED) is 0.368. The van der Waals surface area contributed by atoms with Gasteiger partial charge in [-0.05, 0) is 83.7 Å².